The normalized spacial score (nSPS) is 29.0. The Morgan fingerprint density at radius 3 is 2.43 bits per heavy atom. The highest BCUT2D eigenvalue weighted by Gasteiger charge is 2.39. The van der Waals surface area contributed by atoms with Gasteiger partial charge in [-0.1, -0.05) is 6.92 Å². The summed E-state index contributed by atoms with van der Waals surface area (Å²) >= 11 is 0. The third-order valence-electron chi connectivity index (χ3n) is 4.97. The van der Waals surface area contributed by atoms with E-state index in [4.69, 9.17) is 4.74 Å². The van der Waals surface area contributed by atoms with Gasteiger partial charge >= 0.3 is 6.09 Å². The van der Waals surface area contributed by atoms with Crippen LogP contribution in [0.5, 0.6) is 0 Å². The molecule has 0 spiro atoms. The fourth-order valence-corrected chi connectivity index (χ4v) is 3.74. The molecule has 23 heavy (non-hydrogen) atoms. The minimum Gasteiger partial charge on any atom is -0.444 e. The SMILES string of the molecule is CCC(C1CC1)N1CC(NC(=O)OC(C)(C)C)CC(C(C)O)C1. The van der Waals surface area contributed by atoms with Gasteiger partial charge in [0.25, 0.3) is 0 Å². The van der Waals surface area contributed by atoms with Crippen LogP contribution in [0, 0.1) is 11.8 Å². The van der Waals surface area contributed by atoms with E-state index < -0.39 is 5.60 Å². The summed E-state index contributed by atoms with van der Waals surface area (Å²) in [4.78, 5) is 14.6. The van der Waals surface area contributed by atoms with Crippen LogP contribution in [-0.4, -0.2) is 53.0 Å². The lowest BCUT2D eigenvalue weighted by molar-refractivity contribution is 0.0143. The molecule has 4 atom stereocenters. The standard InChI is InChI=1S/C18H34N2O3/c1-6-16(13-7-8-13)20-10-14(12(2)21)9-15(11-20)19-17(22)23-18(3,4)5/h12-16,21H,6-11H2,1-5H3,(H,19,22). The van der Waals surface area contributed by atoms with Crippen molar-refractivity contribution in [3.05, 3.63) is 0 Å². The first-order valence-corrected chi connectivity index (χ1v) is 9.11. The van der Waals surface area contributed by atoms with Crippen molar-refractivity contribution in [2.45, 2.75) is 84.1 Å². The number of aliphatic hydroxyl groups is 1. The fraction of sp³-hybridized carbons (Fsp3) is 0.944. The number of aliphatic hydroxyl groups excluding tert-OH is 1. The maximum Gasteiger partial charge on any atom is 0.407 e. The lowest BCUT2D eigenvalue weighted by Crippen LogP contribution is -2.56. The molecule has 0 aromatic heterocycles. The van der Waals surface area contributed by atoms with Crippen molar-refractivity contribution in [1.82, 2.24) is 10.2 Å². The van der Waals surface area contributed by atoms with Gasteiger partial charge in [0.1, 0.15) is 5.60 Å². The first-order valence-electron chi connectivity index (χ1n) is 9.11. The first kappa shape index (κ1) is 18.5. The third-order valence-corrected chi connectivity index (χ3v) is 4.97. The van der Waals surface area contributed by atoms with E-state index in [0.717, 1.165) is 31.8 Å². The highest BCUT2D eigenvalue weighted by atomic mass is 16.6. The van der Waals surface area contributed by atoms with Crippen LogP contribution >= 0.6 is 0 Å². The van der Waals surface area contributed by atoms with E-state index in [1.807, 2.05) is 27.7 Å². The van der Waals surface area contributed by atoms with Gasteiger partial charge in [-0.2, -0.15) is 0 Å². The predicted molar refractivity (Wildman–Crippen MR) is 91.3 cm³/mol. The summed E-state index contributed by atoms with van der Waals surface area (Å²) in [6.07, 6.45) is 3.88. The molecule has 0 bridgehead atoms. The number of ether oxygens (including phenoxy) is 1. The molecule has 1 saturated heterocycles. The van der Waals surface area contributed by atoms with Gasteiger partial charge in [-0.05, 0) is 65.2 Å². The molecule has 1 aliphatic carbocycles. The molecule has 0 radical (unpaired) electrons. The van der Waals surface area contributed by atoms with E-state index >= 15 is 0 Å². The Balaban J connectivity index is 1.99. The molecule has 4 unspecified atom stereocenters. The van der Waals surface area contributed by atoms with Crippen LogP contribution in [0.3, 0.4) is 0 Å². The van der Waals surface area contributed by atoms with Gasteiger partial charge in [-0.25, -0.2) is 4.79 Å². The summed E-state index contributed by atoms with van der Waals surface area (Å²) in [7, 11) is 0. The van der Waals surface area contributed by atoms with Crippen molar-refractivity contribution >= 4 is 6.09 Å². The summed E-state index contributed by atoms with van der Waals surface area (Å²) < 4.78 is 5.39. The molecule has 2 N–H and O–H groups in total. The molecule has 1 heterocycles. The molecule has 0 aromatic rings. The van der Waals surface area contributed by atoms with Crippen LogP contribution < -0.4 is 5.32 Å². The zero-order valence-electron chi connectivity index (χ0n) is 15.3. The second-order valence-electron chi connectivity index (χ2n) is 8.35. The lowest BCUT2D eigenvalue weighted by Gasteiger charge is -2.43. The van der Waals surface area contributed by atoms with E-state index in [-0.39, 0.29) is 24.2 Å². The zero-order chi connectivity index (χ0) is 17.2. The van der Waals surface area contributed by atoms with Crippen molar-refractivity contribution in [2.75, 3.05) is 13.1 Å². The van der Waals surface area contributed by atoms with Crippen LogP contribution in [-0.2, 0) is 4.74 Å². The van der Waals surface area contributed by atoms with E-state index in [1.54, 1.807) is 0 Å². The summed E-state index contributed by atoms with van der Waals surface area (Å²) in [6.45, 7) is 11.5. The topological polar surface area (TPSA) is 61.8 Å². The lowest BCUT2D eigenvalue weighted by atomic mass is 9.88. The molecule has 1 saturated carbocycles. The molecule has 1 amide bonds. The Bertz CT molecular complexity index is 402. The Morgan fingerprint density at radius 2 is 1.96 bits per heavy atom. The number of nitrogens with zero attached hydrogens (tertiary/aromatic N) is 1. The van der Waals surface area contributed by atoms with Crippen LogP contribution in [0.1, 0.15) is 60.3 Å². The number of rotatable bonds is 5. The molecular weight excluding hydrogens is 292 g/mol. The molecule has 5 heteroatoms. The quantitative estimate of drug-likeness (QED) is 0.815. The van der Waals surface area contributed by atoms with Crippen LogP contribution in [0.15, 0.2) is 0 Å². The van der Waals surface area contributed by atoms with Gasteiger partial charge in [0.2, 0.25) is 0 Å². The number of carbonyl (C=O) groups is 1. The molecule has 134 valence electrons. The van der Waals surface area contributed by atoms with Crippen molar-refractivity contribution in [3.8, 4) is 0 Å². The number of piperidine rings is 1. The van der Waals surface area contributed by atoms with E-state index in [2.05, 4.69) is 17.1 Å². The molecule has 1 aliphatic heterocycles. The van der Waals surface area contributed by atoms with Gasteiger partial charge in [0, 0.05) is 25.2 Å². The third kappa shape index (κ3) is 5.64. The number of alkyl carbamates (subject to hydrolysis) is 1. The maximum absolute atomic E-state index is 12.1. The van der Waals surface area contributed by atoms with E-state index in [9.17, 15) is 9.90 Å². The number of hydrogen-bond acceptors (Lipinski definition) is 4. The summed E-state index contributed by atoms with van der Waals surface area (Å²) in [5.74, 6) is 1.01. The monoisotopic (exact) mass is 326 g/mol. The van der Waals surface area contributed by atoms with Crippen LogP contribution in [0.4, 0.5) is 4.79 Å². The minimum absolute atomic E-state index is 0.0472. The molecule has 2 aliphatic rings. The Labute approximate surface area is 140 Å². The summed E-state index contributed by atoms with van der Waals surface area (Å²) in [6, 6.07) is 0.630. The number of nitrogens with one attached hydrogen (secondary N) is 1. The van der Waals surface area contributed by atoms with Gasteiger partial charge in [0.05, 0.1) is 6.10 Å². The van der Waals surface area contributed by atoms with Gasteiger partial charge < -0.3 is 15.2 Å². The Morgan fingerprint density at radius 1 is 1.30 bits per heavy atom. The Kier molecular flexibility index (Phi) is 5.95. The van der Waals surface area contributed by atoms with E-state index in [0.29, 0.717) is 6.04 Å². The second-order valence-corrected chi connectivity index (χ2v) is 8.35. The summed E-state index contributed by atoms with van der Waals surface area (Å²) in [5.41, 5.74) is -0.484. The number of carbonyl (C=O) groups excluding carboxylic acids is 1. The average molecular weight is 326 g/mol. The molecule has 0 aromatic carbocycles. The molecular formula is C18H34N2O3. The van der Waals surface area contributed by atoms with Gasteiger partial charge in [-0.3, -0.25) is 4.90 Å². The van der Waals surface area contributed by atoms with Gasteiger partial charge in [-0.15, -0.1) is 0 Å². The van der Waals surface area contributed by atoms with Crippen molar-refractivity contribution in [3.63, 3.8) is 0 Å². The van der Waals surface area contributed by atoms with Crippen molar-refractivity contribution in [1.29, 1.82) is 0 Å². The first-order chi connectivity index (χ1) is 10.7. The van der Waals surface area contributed by atoms with Crippen molar-refractivity contribution in [2.24, 2.45) is 11.8 Å². The number of hydrogen-bond donors (Lipinski definition) is 2. The van der Waals surface area contributed by atoms with Crippen molar-refractivity contribution < 1.29 is 14.6 Å². The average Bonchev–Trinajstić information content (AvgIpc) is 3.21. The second kappa shape index (κ2) is 7.39. The molecule has 5 nitrogen and oxygen atoms in total. The zero-order valence-corrected chi connectivity index (χ0v) is 15.3. The van der Waals surface area contributed by atoms with E-state index in [1.165, 1.54) is 12.8 Å². The number of amides is 1. The largest absolute Gasteiger partial charge is 0.444 e. The van der Waals surface area contributed by atoms with Crippen LogP contribution in [0.2, 0.25) is 0 Å². The molecule has 2 rings (SSSR count). The highest BCUT2D eigenvalue weighted by Crippen LogP contribution is 2.38. The predicted octanol–water partition coefficient (Wildman–Crippen LogP) is 2.77. The number of likely N-dealkylation sites (tertiary alicyclic amines) is 1. The Hall–Kier alpha value is -0.810. The highest BCUT2D eigenvalue weighted by molar-refractivity contribution is 5.68. The smallest absolute Gasteiger partial charge is 0.407 e. The van der Waals surface area contributed by atoms with Crippen LogP contribution in [0.25, 0.3) is 0 Å². The summed E-state index contributed by atoms with van der Waals surface area (Å²) in [5, 5.41) is 13.1. The minimum atomic E-state index is -0.484. The van der Waals surface area contributed by atoms with Gasteiger partial charge in [0.15, 0.2) is 0 Å². The maximum atomic E-state index is 12.1. The molecule has 2 fully saturated rings. The fourth-order valence-electron chi connectivity index (χ4n) is 3.74.